The second-order valence-electron chi connectivity index (χ2n) is 5.32. The predicted octanol–water partition coefficient (Wildman–Crippen LogP) is 1.55. The molecule has 1 aromatic carbocycles. The maximum atomic E-state index is 11.8. The standard InChI is InChI=1S/C15H20N2O3S/c16-11-2-3-12(11)17-15(18)5-8-21-10-1-4-13-14(9-10)20-7-6-19-13/h1,4,9,11-12H,2-3,5-8,16H2,(H,17,18)/t11-,12+/m1/s1. The van der Waals surface area contributed by atoms with E-state index in [1.54, 1.807) is 11.8 Å². The number of carbonyl (C=O) groups is 1. The van der Waals surface area contributed by atoms with E-state index in [1.807, 2.05) is 18.2 Å². The highest BCUT2D eigenvalue weighted by molar-refractivity contribution is 7.99. The number of benzene rings is 1. The summed E-state index contributed by atoms with van der Waals surface area (Å²) in [6.45, 7) is 1.19. The van der Waals surface area contributed by atoms with Crippen LogP contribution in [-0.2, 0) is 4.79 Å². The quantitative estimate of drug-likeness (QED) is 0.807. The summed E-state index contributed by atoms with van der Waals surface area (Å²) in [5, 5.41) is 2.98. The highest BCUT2D eigenvalue weighted by Crippen LogP contribution is 2.34. The Balaban J connectivity index is 1.43. The van der Waals surface area contributed by atoms with Gasteiger partial charge >= 0.3 is 0 Å². The zero-order valence-electron chi connectivity index (χ0n) is 11.8. The zero-order chi connectivity index (χ0) is 14.7. The van der Waals surface area contributed by atoms with Gasteiger partial charge in [-0.2, -0.15) is 0 Å². The van der Waals surface area contributed by atoms with Crippen molar-refractivity contribution in [3.05, 3.63) is 18.2 Å². The van der Waals surface area contributed by atoms with Gasteiger partial charge in [0.15, 0.2) is 11.5 Å². The maximum absolute atomic E-state index is 11.8. The summed E-state index contributed by atoms with van der Waals surface area (Å²) in [4.78, 5) is 12.9. The Morgan fingerprint density at radius 3 is 2.81 bits per heavy atom. The molecular weight excluding hydrogens is 288 g/mol. The minimum absolute atomic E-state index is 0.0835. The molecule has 114 valence electrons. The van der Waals surface area contributed by atoms with Gasteiger partial charge in [0.1, 0.15) is 13.2 Å². The number of thioether (sulfide) groups is 1. The van der Waals surface area contributed by atoms with Gasteiger partial charge in [-0.15, -0.1) is 11.8 Å². The normalized spacial score (nSPS) is 23.3. The lowest BCUT2D eigenvalue weighted by atomic mass is 9.87. The molecule has 1 aromatic rings. The number of amides is 1. The second-order valence-corrected chi connectivity index (χ2v) is 6.49. The fourth-order valence-corrected chi connectivity index (χ4v) is 3.24. The smallest absolute Gasteiger partial charge is 0.221 e. The van der Waals surface area contributed by atoms with Crippen molar-refractivity contribution in [2.24, 2.45) is 5.73 Å². The van der Waals surface area contributed by atoms with Crippen LogP contribution in [0.25, 0.3) is 0 Å². The third-order valence-corrected chi connectivity index (χ3v) is 4.78. The summed E-state index contributed by atoms with van der Waals surface area (Å²) in [6.07, 6.45) is 2.52. The number of nitrogens with two attached hydrogens (primary N) is 1. The minimum Gasteiger partial charge on any atom is -0.486 e. The molecule has 0 spiro atoms. The molecule has 1 saturated carbocycles. The number of hydrogen-bond donors (Lipinski definition) is 2. The average Bonchev–Trinajstić information content (AvgIpc) is 2.51. The lowest BCUT2D eigenvalue weighted by Gasteiger charge is -2.34. The number of carbonyl (C=O) groups excluding carboxylic acids is 1. The van der Waals surface area contributed by atoms with Gasteiger partial charge in [0.05, 0.1) is 0 Å². The van der Waals surface area contributed by atoms with Crippen LogP contribution in [-0.4, -0.2) is 37.0 Å². The van der Waals surface area contributed by atoms with Crippen LogP contribution >= 0.6 is 11.8 Å². The van der Waals surface area contributed by atoms with Gasteiger partial charge in [-0.25, -0.2) is 0 Å². The second kappa shape index (κ2) is 6.58. The highest BCUT2D eigenvalue weighted by atomic mass is 32.2. The lowest BCUT2D eigenvalue weighted by Crippen LogP contribution is -2.54. The van der Waals surface area contributed by atoms with Gasteiger partial charge in [-0.1, -0.05) is 0 Å². The number of ether oxygens (including phenoxy) is 2. The summed E-state index contributed by atoms with van der Waals surface area (Å²) < 4.78 is 11.0. The van der Waals surface area contributed by atoms with Crippen molar-refractivity contribution in [2.75, 3.05) is 19.0 Å². The van der Waals surface area contributed by atoms with Crippen molar-refractivity contribution in [1.82, 2.24) is 5.32 Å². The maximum Gasteiger partial charge on any atom is 0.221 e. The fraction of sp³-hybridized carbons (Fsp3) is 0.533. The van der Waals surface area contributed by atoms with Gasteiger partial charge in [-0.3, -0.25) is 4.79 Å². The third kappa shape index (κ3) is 3.63. The molecule has 1 aliphatic heterocycles. The van der Waals surface area contributed by atoms with Crippen molar-refractivity contribution >= 4 is 17.7 Å². The molecule has 2 aliphatic rings. The number of nitrogens with one attached hydrogen (secondary N) is 1. The minimum atomic E-state index is 0.0835. The summed E-state index contributed by atoms with van der Waals surface area (Å²) in [7, 11) is 0. The van der Waals surface area contributed by atoms with Gasteiger partial charge in [0.25, 0.3) is 0 Å². The fourth-order valence-electron chi connectivity index (χ4n) is 2.36. The molecule has 0 saturated heterocycles. The first-order valence-corrected chi connectivity index (χ1v) is 8.28. The van der Waals surface area contributed by atoms with E-state index in [9.17, 15) is 4.79 Å². The molecule has 0 unspecified atom stereocenters. The predicted molar refractivity (Wildman–Crippen MR) is 81.9 cm³/mol. The van der Waals surface area contributed by atoms with E-state index in [1.165, 1.54) is 0 Å². The molecule has 0 radical (unpaired) electrons. The van der Waals surface area contributed by atoms with E-state index in [0.717, 1.165) is 35.0 Å². The summed E-state index contributed by atoms with van der Waals surface area (Å²) in [5.74, 6) is 2.41. The Kier molecular flexibility index (Phi) is 4.55. The van der Waals surface area contributed by atoms with Crippen molar-refractivity contribution in [3.63, 3.8) is 0 Å². The molecule has 1 aliphatic carbocycles. The Labute approximate surface area is 128 Å². The van der Waals surface area contributed by atoms with Crippen LogP contribution in [0.4, 0.5) is 0 Å². The Hall–Kier alpha value is -1.40. The van der Waals surface area contributed by atoms with Crippen LogP contribution in [0.5, 0.6) is 11.5 Å². The van der Waals surface area contributed by atoms with E-state index in [4.69, 9.17) is 15.2 Å². The molecule has 5 nitrogen and oxygen atoms in total. The molecule has 3 N–H and O–H groups in total. The molecule has 0 aromatic heterocycles. The molecule has 21 heavy (non-hydrogen) atoms. The SMILES string of the molecule is N[C@@H]1CC[C@@H]1NC(=O)CCSc1ccc2c(c1)OCCO2. The first-order valence-electron chi connectivity index (χ1n) is 7.30. The third-order valence-electron chi connectivity index (χ3n) is 3.79. The molecule has 1 amide bonds. The first kappa shape index (κ1) is 14.5. The zero-order valence-corrected chi connectivity index (χ0v) is 12.7. The largest absolute Gasteiger partial charge is 0.486 e. The molecule has 1 fully saturated rings. The van der Waals surface area contributed by atoms with Crippen molar-refractivity contribution in [1.29, 1.82) is 0 Å². The molecule has 0 bridgehead atoms. The molecule has 6 heteroatoms. The number of fused-ring (bicyclic) bond motifs is 1. The lowest BCUT2D eigenvalue weighted by molar-refractivity contribution is -0.122. The van der Waals surface area contributed by atoms with Crippen LogP contribution in [0.2, 0.25) is 0 Å². The Morgan fingerprint density at radius 1 is 1.29 bits per heavy atom. The van der Waals surface area contributed by atoms with E-state index < -0.39 is 0 Å². The molecule has 3 rings (SSSR count). The summed E-state index contributed by atoms with van der Waals surface area (Å²) >= 11 is 1.65. The summed E-state index contributed by atoms with van der Waals surface area (Å²) in [6, 6.07) is 6.21. The number of hydrogen-bond acceptors (Lipinski definition) is 5. The summed E-state index contributed by atoms with van der Waals surface area (Å²) in [5.41, 5.74) is 5.81. The van der Waals surface area contributed by atoms with Crippen molar-refractivity contribution < 1.29 is 14.3 Å². The van der Waals surface area contributed by atoms with Crippen LogP contribution in [0.1, 0.15) is 19.3 Å². The Bertz CT molecular complexity index is 524. The van der Waals surface area contributed by atoms with E-state index in [0.29, 0.717) is 19.6 Å². The van der Waals surface area contributed by atoms with Gasteiger partial charge in [-0.05, 0) is 31.0 Å². The van der Waals surface area contributed by atoms with Crippen LogP contribution < -0.4 is 20.5 Å². The van der Waals surface area contributed by atoms with Crippen LogP contribution in [0.3, 0.4) is 0 Å². The first-order chi connectivity index (χ1) is 10.2. The topological polar surface area (TPSA) is 73.6 Å². The monoisotopic (exact) mass is 308 g/mol. The highest BCUT2D eigenvalue weighted by Gasteiger charge is 2.28. The molecule has 1 heterocycles. The van der Waals surface area contributed by atoms with Crippen LogP contribution in [0.15, 0.2) is 23.1 Å². The Morgan fingerprint density at radius 2 is 2.10 bits per heavy atom. The molecular formula is C15H20N2O3S. The van der Waals surface area contributed by atoms with Gasteiger partial charge < -0.3 is 20.5 Å². The van der Waals surface area contributed by atoms with Crippen LogP contribution in [0, 0.1) is 0 Å². The molecule has 2 atom stereocenters. The van der Waals surface area contributed by atoms with Gasteiger partial charge in [0.2, 0.25) is 5.91 Å². The van der Waals surface area contributed by atoms with E-state index in [-0.39, 0.29) is 18.0 Å². The van der Waals surface area contributed by atoms with Crippen molar-refractivity contribution in [3.8, 4) is 11.5 Å². The van der Waals surface area contributed by atoms with Crippen molar-refractivity contribution in [2.45, 2.75) is 36.2 Å². The van der Waals surface area contributed by atoms with Gasteiger partial charge in [0, 0.05) is 29.2 Å². The van der Waals surface area contributed by atoms with E-state index in [2.05, 4.69) is 5.32 Å². The van der Waals surface area contributed by atoms with E-state index >= 15 is 0 Å². The number of rotatable bonds is 5. The average molecular weight is 308 g/mol.